The van der Waals surface area contributed by atoms with Gasteiger partial charge in [0.15, 0.2) is 0 Å². The Morgan fingerprint density at radius 2 is 1.96 bits per heavy atom. The fourth-order valence-corrected chi connectivity index (χ4v) is 3.88. The minimum atomic E-state index is 0.361. The molecule has 0 aliphatic heterocycles. The lowest BCUT2D eigenvalue weighted by Crippen LogP contribution is -2.27. The molecule has 0 spiro atoms. The Morgan fingerprint density at radius 3 is 2.78 bits per heavy atom. The maximum atomic E-state index is 3.84. The average molecular weight is 304 g/mol. The van der Waals surface area contributed by atoms with E-state index in [1.54, 1.807) is 0 Å². The summed E-state index contributed by atoms with van der Waals surface area (Å²) >= 11 is 0. The van der Waals surface area contributed by atoms with Crippen LogP contribution in [0.3, 0.4) is 0 Å². The van der Waals surface area contributed by atoms with Gasteiger partial charge in [-0.2, -0.15) is 0 Å². The van der Waals surface area contributed by atoms with Crippen molar-refractivity contribution in [3.05, 3.63) is 70.9 Å². The van der Waals surface area contributed by atoms with Gasteiger partial charge in [-0.1, -0.05) is 42.0 Å². The molecule has 0 unspecified atom stereocenters. The first-order valence-electron chi connectivity index (χ1n) is 8.64. The number of rotatable bonds is 3. The van der Waals surface area contributed by atoms with Crippen LogP contribution in [0, 0.1) is 6.92 Å². The Hall–Kier alpha value is -2.06. The normalized spacial score (nSPS) is 18.8. The third-order valence-corrected chi connectivity index (χ3v) is 5.11. The highest BCUT2D eigenvalue weighted by Crippen LogP contribution is 2.36. The molecule has 2 N–H and O–H groups in total. The summed E-state index contributed by atoms with van der Waals surface area (Å²) in [5, 5.41) is 5.25. The van der Waals surface area contributed by atoms with Gasteiger partial charge in [-0.05, 0) is 56.4 Å². The van der Waals surface area contributed by atoms with Crippen LogP contribution in [0.25, 0.3) is 10.9 Å². The van der Waals surface area contributed by atoms with Crippen LogP contribution in [0.1, 0.15) is 54.2 Å². The number of hydrogen-bond acceptors (Lipinski definition) is 1. The van der Waals surface area contributed by atoms with Crippen molar-refractivity contribution in [3.63, 3.8) is 0 Å². The molecule has 23 heavy (non-hydrogen) atoms. The number of aromatic amines is 1. The molecule has 0 fully saturated rings. The Kier molecular flexibility index (Phi) is 3.70. The first-order valence-corrected chi connectivity index (χ1v) is 8.64. The van der Waals surface area contributed by atoms with Crippen LogP contribution >= 0.6 is 0 Å². The Labute approximate surface area is 137 Å². The molecule has 0 amide bonds. The molecule has 2 aromatic carbocycles. The molecule has 4 rings (SSSR count). The van der Waals surface area contributed by atoms with Crippen LogP contribution in [0.2, 0.25) is 0 Å². The summed E-state index contributed by atoms with van der Waals surface area (Å²) in [7, 11) is 0. The molecule has 0 radical (unpaired) electrons. The summed E-state index contributed by atoms with van der Waals surface area (Å²) < 4.78 is 0. The number of H-pyrrole nitrogens is 1. The lowest BCUT2D eigenvalue weighted by molar-refractivity contribution is 0.410. The van der Waals surface area contributed by atoms with Crippen molar-refractivity contribution < 1.29 is 0 Å². The van der Waals surface area contributed by atoms with E-state index in [0.29, 0.717) is 12.1 Å². The van der Waals surface area contributed by atoms with Crippen LogP contribution in [0.4, 0.5) is 0 Å². The molecule has 0 bridgehead atoms. The Balaban J connectivity index is 1.66. The quantitative estimate of drug-likeness (QED) is 0.683. The monoisotopic (exact) mass is 304 g/mol. The van der Waals surface area contributed by atoms with Gasteiger partial charge >= 0.3 is 0 Å². The molecule has 1 aromatic heterocycles. The van der Waals surface area contributed by atoms with E-state index >= 15 is 0 Å². The number of benzene rings is 2. The summed E-state index contributed by atoms with van der Waals surface area (Å²) in [6.07, 6.45) is 3.65. The van der Waals surface area contributed by atoms with Crippen LogP contribution in [-0.2, 0) is 6.42 Å². The third-order valence-electron chi connectivity index (χ3n) is 5.11. The Morgan fingerprint density at radius 1 is 1.13 bits per heavy atom. The third kappa shape index (κ3) is 2.68. The molecule has 1 heterocycles. The lowest BCUT2D eigenvalue weighted by Gasteiger charge is -2.27. The van der Waals surface area contributed by atoms with Crippen molar-refractivity contribution in [2.24, 2.45) is 0 Å². The zero-order valence-electron chi connectivity index (χ0n) is 13.9. The Bertz CT molecular complexity index is 816. The number of aryl methyl sites for hydroxylation is 2. The van der Waals surface area contributed by atoms with Crippen LogP contribution in [0.15, 0.2) is 48.5 Å². The lowest BCUT2D eigenvalue weighted by atomic mass is 9.90. The van der Waals surface area contributed by atoms with Gasteiger partial charge in [-0.15, -0.1) is 0 Å². The highest BCUT2D eigenvalue weighted by molar-refractivity contribution is 5.85. The standard InChI is InChI=1S/C21H24N2/c1-14-11-12-19-18(13-14)17-9-6-10-20(21(17)23-19)22-15(2)16-7-4-3-5-8-16/h3-5,7-8,11-13,15,20,22-23H,6,9-10H2,1-2H3/t15-,20-/m0/s1. The highest BCUT2D eigenvalue weighted by atomic mass is 15.0. The van der Waals surface area contributed by atoms with Gasteiger partial charge < -0.3 is 10.3 Å². The van der Waals surface area contributed by atoms with E-state index in [2.05, 4.69) is 72.7 Å². The molecule has 0 saturated carbocycles. The molecule has 1 aliphatic rings. The van der Waals surface area contributed by atoms with Crippen molar-refractivity contribution in [2.45, 2.75) is 45.2 Å². The second kappa shape index (κ2) is 5.86. The predicted molar refractivity (Wildman–Crippen MR) is 96.7 cm³/mol. The van der Waals surface area contributed by atoms with Crippen molar-refractivity contribution in [3.8, 4) is 0 Å². The van der Waals surface area contributed by atoms with E-state index in [-0.39, 0.29) is 0 Å². The van der Waals surface area contributed by atoms with E-state index in [9.17, 15) is 0 Å². The summed E-state index contributed by atoms with van der Waals surface area (Å²) in [6.45, 7) is 4.44. The van der Waals surface area contributed by atoms with Crippen molar-refractivity contribution in [1.29, 1.82) is 0 Å². The average Bonchev–Trinajstić information content (AvgIpc) is 2.95. The molecule has 118 valence electrons. The molecule has 3 aromatic rings. The largest absolute Gasteiger partial charge is 0.357 e. The first kappa shape index (κ1) is 14.5. The second-order valence-electron chi connectivity index (χ2n) is 6.81. The smallest absolute Gasteiger partial charge is 0.0480 e. The van der Waals surface area contributed by atoms with E-state index in [1.165, 1.54) is 52.5 Å². The molecule has 2 atom stereocenters. The predicted octanol–water partition coefficient (Wildman–Crippen LogP) is 5.20. The van der Waals surface area contributed by atoms with E-state index in [0.717, 1.165) is 0 Å². The highest BCUT2D eigenvalue weighted by Gasteiger charge is 2.25. The van der Waals surface area contributed by atoms with Gasteiger partial charge in [0.25, 0.3) is 0 Å². The van der Waals surface area contributed by atoms with Crippen LogP contribution < -0.4 is 5.32 Å². The van der Waals surface area contributed by atoms with Crippen molar-refractivity contribution in [2.75, 3.05) is 0 Å². The molecule has 1 aliphatic carbocycles. The van der Waals surface area contributed by atoms with Gasteiger partial charge in [-0.3, -0.25) is 0 Å². The zero-order valence-corrected chi connectivity index (χ0v) is 13.9. The topological polar surface area (TPSA) is 27.8 Å². The zero-order chi connectivity index (χ0) is 15.8. The number of aromatic nitrogens is 1. The summed E-state index contributed by atoms with van der Waals surface area (Å²) in [4.78, 5) is 3.69. The van der Waals surface area contributed by atoms with Crippen molar-refractivity contribution in [1.82, 2.24) is 10.3 Å². The fraction of sp³-hybridized carbons (Fsp3) is 0.333. The van der Waals surface area contributed by atoms with Gasteiger partial charge in [0.2, 0.25) is 0 Å². The molecular weight excluding hydrogens is 280 g/mol. The van der Waals surface area contributed by atoms with E-state index < -0.39 is 0 Å². The summed E-state index contributed by atoms with van der Waals surface area (Å²) in [6, 6.07) is 18.2. The number of hydrogen-bond donors (Lipinski definition) is 2. The maximum Gasteiger partial charge on any atom is 0.0480 e. The summed E-state index contributed by atoms with van der Waals surface area (Å²) in [5.41, 5.74) is 6.90. The minimum absolute atomic E-state index is 0.361. The second-order valence-corrected chi connectivity index (χ2v) is 6.81. The van der Waals surface area contributed by atoms with Crippen LogP contribution in [-0.4, -0.2) is 4.98 Å². The van der Waals surface area contributed by atoms with Crippen LogP contribution in [0.5, 0.6) is 0 Å². The van der Waals surface area contributed by atoms with Crippen molar-refractivity contribution >= 4 is 10.9 Å². The van der Waals surface area contributed by atoms with Gasteiger partial charge in [0.1, 0.15) is 0 Å². The molecule has 0 saturated heterocycles. The van der Waals surface area contributed by atoms with Gasteiger partial charge in [-0.25, -0.2) is 0 Å². The van der Waals surface area contributed by atoms with E-state index in [4.69, 9.17) is 0 Å². The first-order chi connectivity index (χ1) is 11.2. The molecule has 2 heteroatoms. The molecular formula is C21H24N2. The van der Waals surface area contributed by atoms with Gasteiger partial charge in [0.05, 0.1) is 0 Å². The minimum Gasteiger partial charge on any atom is -0.357 e. The fourth-order valence-electron chi connectivity index (χ4n) is 3.88. The molecule has 2 nitrogen and oxygen atoms in total. The SMILES string of the molecule is Cc1ccc2[nH]c3c(c2c1)CCC[C@@H]3N[C@@H](C)c1ccccc1. The number of fused-ring (bicyclic) bond motifs is 3. The van der Waals surface area contributed by atoms with Gasteiger partial charge in [0, 0.05) is 28.7 Å². The maximum absolute atomic E-state index is 3.84. The number of nitrogens with one attached hydrogen (secondary N) is 2. The summed E-state index contributed by atoms with van der Waals surface area (Å²) in [5.74, 6) is 0. The van der Waals surface area contributed by atoms with E-state index in [1.807, 2.05) is 0 Å².